The highest BCUT2D eigenvalue weighted by molar-refractivity contribution is 5.89. The Bertz CT molecular complexity index is 457. The van der Waals surface area contributed by atoms with E-state index >= 15 is 0 Å². The van der Waals surface area contributed by atoms with Crippen LogP contribution in [0.1, 0.15) is 19.4 Å². The number of anilines is 1. The molecule has 2 amide bonds. The van der Waals surface area contributed by atoms with E-state index in [1.807, 2.05) is 38.1 Å². The van der Waals surface area contributed by atoms with Gasteiger partial charge in [-0.3, -0.25) is 4.79 Å². The summed E-state index contributed by atoms with van der Waals surface area (Å²) in [5.74, 6) is -0.390. The van der Waals surface area contributed by atoms with Crippen molar-refractivity contribution in [3.8, 4) is 0 Å². The third-order valence-corrected chi connectivity index (χ3v) is 3.17. The Hall–Kier alpha value is -2.04. The average molecular weight is 278 g/mol. The molecular formula is C15H22N2O3. The molecule has 0 saturated carbocycles. The zero-order valence-electron chi connectivity index (χ0n) is 12.5. The minimum atomic E-state index is -0.216. The quantitative estimate of drug-likeness (QED) is 0.842. The van der Waals surface area contributed by atoms with Gasteiger partial charge in [-0.2, -0.15) is 0 Å². The average Bonchev–Trinajstić information content (AvgIpc) is 2.47. The van der Waals surface area contributed by atoms with Crippen LogP contribution in [0.15, 0.2) is 24.3 Å². The largest absolute Gasteiger partial charge is 0.469 e. The van der Waals surface area contributed by atoms with Crippen LogP contribution in [0.5, 0.6) is 0 Å². The highest BCUT2D eigenvalue weighted by Gasteiger charge is 2.13. The van der Waals surface area contributed by atoms with Crippen LogP contribution in [-0.2, 0) is 16.0 Å². The van der Waals surface area contributed by atoms with Gasteiger partial charge in [0.15, 0.2) is 0 Å². The van der Waals surface area contributed by atoms with E-state index in [-0.39, 0.29) is 17.9 Å². The van der Waals surface area contributed by atoms with Gasteiger partial charge in [0.2, 0.25) is 0 Å². The number of ether oxygens (including phenoxy) is 1. The fourth-order valence-electron chi connectivity index (χ4n) is 1.72. The van der Waals surface area contributed by atoms with Crippen molar-refractivity contribution in [2.45, 2.75) is 20.3 Å². The van der Waals surface area contributed by atoms with Gasteiger partial charge in [0.1, 0.15) is 0 Å². The Morgan fingerprint density at radius 3 is 2.40 bits per heavy atom. The fraction of sp³-hybridized carbons (Fsp3) is 0.467. The molecule has 0 bridgehead atoms. The van der Waals surface area contributed by atoms with Crippen LogP contribution in [0, 0.1) is 5.92 Å². The fourth-order valence-corrected chi connectivity index (χ4v) is 1.72. The number of methoxy groups -OCH3 is 1. The summed E-state index contributed by atoms with van der Waals surface area (Å²) in [5.41, 5.74) is 1.77. The Morgan fingerprint density at radius 2 is 1.90 bits per heavy atom. The number of carbonyl (C=O) groups excluding carboxylic acids is 2. The molecule has 0 aliphatic heterocycles. The van der Waals surface area contributed by atoms with Crippen LogP contribution >= 0.6 is 0 Å². The van der Waals surface area contributed by atoms with Gasteiger partial charge in [0.05, 0.1) is 13.0 Å². The minimum absolute atomic E-state index is 0.136. The number of rotatable bonds is 5. The van der Waals surface area contributed by atoms with Crippen molar-refractivity contribution in [2.75, 3.05) is 26.0 Å². The lowest BCUT2D eigenvalue weighted by atomic mass is 10.0. The summed E-state index contributed by atoms with van der Waals surface area (Å²) < 4.78 is 4.70. The maximum Gasteiger partial charge on any atom is 0.321 e. The van der Waals surface area contributed by atoms with Crippen molar-refractivity contribution >= 4 is 17.7 Å². The summed E-state index contributed by atoms with van der Waals surface area (Å²) in [7, 11) is 3.13. The van der Waals surface area contributed by atoms with E-state index in [1.54, 1.807) is 11.9 Å². The van der Waals surface area contributed by atoms with Crippen LogP contribution in [0.2, 0.25) is 0 Å². The molecule has 20 heavy (non-hydrogen) atoms. The molecule has 1 N–H and O–H groups in total. The first-order valence-corrected chi connectivity index (χ1v) is 6.66. The molecule has 0 unspecified atom stereocenters. The van der Waals surface area contributed by atoms with Crippen molar-refractivity contribution in [2.24, 2.45) is 5.92 Å². The highest BCUT2D eigenvalue weighted by atomic mass is 16.5. The molecule has 0 aromatic heterocycles. The van der Waals surface area contributed by atoms with Gasteiger partial charge >= 0.3 is 12.0 Å². The van der Waals surface area contributed by atoms with E-state index in [2.05, 4.69) is 5.32 Å². The van der Waals surface area contributed by atoms with E-state index in [1.165, 1.54) is 7.11 Å². The summed E-state index contributed by atoms with van der Waals surface area (Å²) in [6.07, 6.45) is 0.621. The van der Waals surface area contributed by atoms with Gasteiger partial charge < -0.3 is 15.0 Å². The molecule has 1 aromatic rings. The second kappa shape index (κ2) is 7.53. The van der Waals surface area contributed by atoms with E-state index in [9.17, 15) is 9.59 Å². The molecule has 1 atom stereocenters. The van der Waals surface area contributed by atoms with Crippen LogP contribution in [-0.4, -0.2) is 37.6 Å². The Balaban J connectivity index is 2.60. The third kappa shape index (κ3) is 4.57. The smallest absolute Gasteiger partial charge is 0.321 e. The Labute approximate surface area is 119 Å². The monoisotopic (exact) mass is 278 g/mol. The number of hydrogen-bond donors (Lipinski definition) is 1. The van der Waals surface area contributed by atoms with E-state index in [0.717, 1.165) is 11.3 Å². The second-order valence-electron chi connectivity index (χ2n) is 4.77. The standard InChI is InChI=1S/C15H22N2O3/c1-5-17(3)15(19)16-13-8-6-12(7-9-13)10-11(2)14(18)20-4/h6-9,11H,5,10H2,1-4H3,(H,16,19)/t11-/m1/s1. The van der Waals surface area contributed by atoms with Crippen LogP contribution in [0.4, 0.5) is 10.5 Å². The number of nitrogens with zero attached hydrogens (tertiary/aromatic N) is 1. The molecule has 5 nitrogen and oxygen atoms in total. The normalized spacial score (nSPS) is 11.6. The summed E-state index contributed by atoms with van der Waals surface area (Å²) in [4.78, 5) is 24.6. The first-order chi connectivity index (χ1) is 9.47. The maximum atomic E-state index is 11.7. The van der Waals surface area contributed by atoms with Gasteiger partial charge in [-0.15, -0.1) is 0 Å². The number of urea groups is 1. The first kappa shape index (κ1) is 16.0. The number of benzene rings is 1. The third-order valence-electron chi connectivity index (χ3n) is 3.17. The summed E-state index contributed by atoms with van der Waals surface area (Å²) >= 11 is 0. The first-order valence-electron chi connectivity index (χ1n) is 6.66. The molecule has 5 heteroatoms. The van der Waals surface area contributed by atoms with Gasteiger partial charge in [-0.25, -0.2) is 4.79 Å². The molecule has 0 aliphatic rings. The van der Waals surface area contributed by atoms with Crippen molar-refractivity contribution in [3.05, 3.63) is 29.8 Å². The molecule has 1 aromatic carbocycles. The minimum Gasteiger partial charge on any atom is -0.469 e. The van der Waals surface area contributed by atoms with Gasteiger partial charge in [-0.05, 0) is 31.0 Å². The molecule has 1 rings (SSSR count). The lowest BCUT2D eigenvalue weighted by molar-refractivity contribution is -0.144. The molecule has 0 spiro atoms. The molecule has 0 radical (unpaired) electrons. The number of carbonyl (C=O) groups is 2. The van der Waals surface area contributed by atoms with Crippen molar-refractivity contribution < 1.29 is 14.3 Å². The number of hydrogen-bond acceptors (Lipinski definition) is 3. The van der Waals surface area contributed by atoms with Crippen LogP contribution in [0.3, 0.4) is 0 Å². The van der Waals surface area contributed by atoms with Crippen LogP contribution < -0.4 is 5.32 Å². The van der Waals surface area contributed by atoms with Gasteiger partial charge in [-0.1, -0.05) is 19.1 Å². The molecular weight excluding hydrogens is 256 g/mol. The number of nitrogens with one attached hydrogen (secondary N) is 1. The summed E-state index contributed by atoms with van der Waals surface area (Å²) in [6.45, 7) is 4.40. The van der Waals surface area contributed by atoms with E-state index < -0.39 is 0 Å². The zero-order chi connectivity index (χ0) is 15.1. The summed E-state index contributed by atoms with van der Waals surface area (Å²) in [5, 5.41) is 2.80. The highest BCUT2D eigenvalue weighted by Crippen LogP contribution is 2.14. The topological polar surface area (TPSA) is 58.6 Å². The van der Waals surface area contributed by atoms with Crippen molar-refractivity contribution in [3.63, 3.8) is 0 Å². The van der Waals surface area contributed by atoms with Crippen molar-refractivity contribution in [1.29, 1.82) is 0 Å². The maximum absolute atomic E-state index is 11.7. The molecule has 0 saturated heterocycles. The van der Waals surface area contributed by atoms with E-state index in [4.69, 9.17) is 4.74 Å². The lowest BCUT2D eigenvalue weighted by Crippen LogP contribution is -2.30. The predicted molar refractivity (Wildman–Crippen MR) is 78.6 cm³/mol. The number of amides is 2. The second-order valence-corrected chi connectivity index (χ2v) is 4.77. The van der Waals surface area contributed by atoms with Crippen molar-refractivity contribution in [1.82, 2.24) is 4.90 Å². The molecule has 0 heterocycles. The Kier molecular flexibility index (Phi) is 6.03. The summed E-state index contributed by atoms with van der Waals surface area (Å²) in [6, 6.07) is 7.34. The molecule has 0 fully saturated rings. The molecule has 0 aliphatic carbocycles. The predicted octanol–water partition coefficient (Wildman–Crippen LogP) is 2.52. The van der Waals surface area contributed by atoms with Crippen LogP contribution in [0.25, 0.3) is 0 Å². The Morgan fingerprint density at radius 1 is 1.30 bits per heavy atom. The molecule has 110 valence electrons. The zero-order valence-corrected chi connectivity index (χ0v) is 12.5. The van der Waals surface area contributed by atoms with Gasteiger partial charge in [0.25, 0.3) is 0 Å². The van der Waals surface area contributed by atoms with E-state index in [0.29, 0.717) is 13.0 Å². The lowest BCUT2D eigenvalue weighted by Gasteiger charge is -2.15. The number of esters is 1. The SMILES string of the molecule is CCN(C)C(=O)Nc1ccc(C[C@@H](C)C(=O)OC)cc1. The van der Waals surface area contributed by atoms with Gasteiger partial charge in [0, 0.05) is 19.3 Å².